The highest BCUT2D eigenvalue weighted by Gasteiger charge is 2.16. The van der Waals surface area contributed by atoms with Gasteiger partial charge in [-0.15, -0.1) is 0 Å². The lowest BCUT2D eigenvalue weighted by atomic mass is 10.2. The van der Waals surface area contributed by atoms with Crippen molar-refractivity contribution in [1.29, 1.82) is 0 Å². The average Bonchev–Trinajstić information content (AvgIpc) is 2.47. The van der Waals surface area contributed by atoms with Gasteiger partial charge < -0.3 is 9.47 Å². The molecule has 0 saturated heterocycles. The maximum absolute atomic E-state index is 11.9. The Morgan fingerprint density at radius 3 is 2.43 bits per heavy atom. The zero-order valence-electron chi connectivity index (χ0n) is 12.5. The van der Waals surface area contributed by atoms with E-state index in [0.29, 0.717) is 19.0 Å². The minimum atomic E-state index is -0.563. The van der Waals surface area contributed by atoms with Crippen molar-refractivity contribution in [1.82, 2.24) is 0 Å². The number of carbonyl (C=O) groups is 1. The molecule has 0 aliphatic rings. The molecule has 1 rings (SSSR count). The van der Waals surface area contributed by atoms with Crippen LogP contribution in [0.3, 0.4) is 0 Å². The van der Waals surface area contributed by atoms with Crippen LogP contribution in [0, 0.1) is 10.1 Å². The lowest BCUT2D eigenvalue weighted by molar-refractivity contribution is -0.385. The molecule has 0 N–H and O–H groups in total. The maximum atomic E-state index is 11.9. The first-order valence-corrected chi connectivity index (χ1v) is 7.17. The third kappa shape index (κ3) is 5.81. The summed E-state index contributed by atoms with van der Waals surface area (Å²) in [6.07, 6.45) is 3.48. The van der Waals surface area contributed by atoms with Crippen molar-refractivity contribution in [2.45, 2.75) is 39.5 Å². The molecule has 116 valence electrons. The van der Waals surface area contributed by atoms with Gasteiger partial charge in [-0.05, 0) is 18.9 Å². The van der Waals surface area contributed by atoms with Crippen LogP contribution in [0.5, 0.6) is 5.75 Å². The van der Waals surface area contributed by atoms with Crippen molar-refractivity contribution in [2.24, 2.45) is 0 Å². The van der Waals surface area contributed by atoms with Crippen LogP contribution in [0.15, 0.2) is 18.2 Å². The lowest BCUT2D eigenvalue weighted by Gasteiger charge is -2.08. The van der Waals surface area contributed by atoms with Crippen LogP contribution in [0.1, 0.15) is 49.9 Å². The smallest absolute Gasteiger partial charge is 0.338 e. The molecule has 0 aliphatic heterocycles. The van der Waals surface area contributed by atoms with E-state index in [1.807, 2.05) is 13.8 Å². The minimum Gasteiger partial charge on any atom is -0.493 e. The van der Waals surface area contributed by atoms with E-state index < -0.39 is 10.9 Å². The Morgan fingerprint density at radius 1 is 1.14 bits per heavy atom. The first-order chi connectivity index (χ1) is 10.1. The molecule has 0 fully saturated rings. The van der Waals surface area contributed by atoms with Crippen LogP contribution in [0.4, 0.5) is 5.69 Å². The molecule has 1 aromatic rings. The Labute approximate surface area is 124 Å². The van der Waals surface area contributed by atoms with Gasteiger partial charge in [0.1, 0.15) is 5.75 Å². The molecular weight excluding hydrogens is 274 g/mol. The molecule has 0 heterocycles. The summed E-state index contributed by atoms with van der Waals surface area (Å²) in [6.45, 7) is 4.78. The Kier molecular flexibility index (Phi) is 7.21. The quantitative estimate of drug-likeness (QED) is 0.300. The summed E-state index contributed by atoms with van der Waals surface area (Å²) in [5.74, 6) is -0.243. The molecule has 1 aromatic carbocycles. The van der Waals surface area contributed by atoms with E-state index in [0.717, 1.165) is 25.7 Å². The SMILES string of the molecule is CCCCOC(=O)c1cc(OCCCC)cc([N+](=O)[O-])c1. The number of unbranched alkanes of at least 4 members (excludes halogenated alkanes) is 2. The Balaban J connectivity index is 2.85. The van der Waals surface area contributed by atoms with Crippen LogP contribution in [-0.2, 0) is 4.74 Å². The maximum Gasteiger partial charge on any atom is 0.338 e. The molecule has 0 saturated carbocycles. The van der Waals surface area contributed by atoms with Gasteiger partial charge in [0, 0.05) is 6.07 Å². The van der Waals surface area contributed by atoms with Gasteiger partial charge in [0.25, 0.3) is 5.69 Å². The van der Waals surface area contributed by atoms with Gasteiger partial charge in [-0.1, -0.05) is 26.7 Å². The highest BCUT2D eigenvalue weighted by molar-refractivity contribution is 5.90. The van der Waals surface area contributed by atoms with Crippen LogP contribution in [-0.4, -0.2) is 24.1 Å². The third-order valence-corrected chi connectivity index (χ3v) is 2.84. The molecule has 0 bridgehead atoms. The zero-order valence-corrected chi connectivity index (χ0v) is 12.5. The van der Waals surface area contributed by atoms with Crippen LogP contribution < -0.4 is 4.74 Å². The number of ether oxygens (including phenoxy) is 2. The summed E-state index contributed by atoms with van der Waals surface area (Å²) >= 11 is 0. The van der Waals surface area contributed by atoms with Crippen LogP contribution in [0.25, 0.3) is 0 Å². The fourth-order valence-corrected chi connectivity index (χ4v) is 1.62. The highest BCUT2D eigenvalue weighted by atomic mass is 16.6. The Morgan fingerprint density at radius 2 is 1.81 bits per heavy atom. The van der Waals surface area contributed by atoms with E-state index in [4.69, 9.17) is 9.47 Å². The topological polar surface area (TPSA) is 78.7 Å². The number of hydrogen-bond acceptors (Lipinski definition) is 5. The predicted molar refractivity (Wildman–Crippen MR) is 78.7 cm³/mol. The van der Waals surface area contributed by atoms with Crippen LogP contribution in [0.2, 0.25) is 0 Å². The van der Waals surface area contributed by atoms with Gasteiger partial charge in [-0.2, -0.15) is 0 Å². The highest BCUT2D eigenvalue weighted by Crippen LogP contribution is 2.23. The molecular formula is C15H21NO5. The minimum absolute atomic E-state index is 0.145. The van der Waals surface area contributed by atoms with Crippen molar-refractivity contribution in [3.63, 3.8) is 0 Å². The summed E-state index contributed by atoms with van der Waals surface area (Å²) < 4.78 is 10.5. The standard InChI is InChI=1S/C15H21NO5/c1-3-5-7-20-14-10-12(9-13(11-14)16(18)19)15(17)21-8-6-4-2/h9-11H,3-8H2,1-2H3. The van der Waals surface area contributed by atoms with Gasteiger partial charge in [0.15, 0.2) is 0 Å². The fourth-order valence-electron chi connectivity index (χ4n) is 1.62. The summed E-state index contributed by atoms with van der Waals surface area (Å²) in [5, 5.41) is 10.9. The van der Waals surface area contributed by atoms with Gasteiger partial charge in [-0.25, -0.2) is 4.79 Å². The average molecular weight is 295 g/mol. The number of benzene rings is 1. The second-order valence-corrected chi connectivity index (χ2v) is 4.66. The van der Waals surface area contributed by atoms with E-state index in [1.54, 1.807) is 0 Å². The second kappa shape index (κ2) is 8.94. The largest absolute Gasteiger partial charge is 0.493 e. The van der Waals surface area contributed by atoms with Crippen molar-refractivity contribution in [3.05, 3.63) is 33.9 Å². The number of esters is 1. The number of nitro groups is 1. The van der Waals surface area contributed by atoms with E-state index in [1.165, 1.54) is 18.2 Å². The molecule has 0 atom stereocenters. The first-order valence-electron chi connectivity index (χ1n) is 7.17. The molecule has 0 aliphatic carbocycles. The third-order valence-electron chi connectivity index (χ3n) is 2.84. The molecule has 0 amide bonds. The van der Waals surface area contributed by atoms with Gasteiger partial charge in [0.2, 0.25) is 0 Å². The van der Waals surface area contributed by atoms with Gasteiger partial charge in [0.05, 0.1) is 29.8 Å². The molecule has 0 aromatic heterocycles. The normalized spacial score (nSPS) is 10.2. The Hall–Kier alpha value is -2.11. The number of rotatable bonds is 9. The summed E-state index contributed by atoms with van der Waals surface area (Å²) in [7, 11) is 0. The fraction of sp³-hybridized carbons (Fsp3) is 0.533. The van der Waals surface area contributed by atoms with Crippen molar-refractivity contribution < 1.29 is 19.2 Å². The summed E-state index contributed by atoms with van der Waals surface area (Å²) in [6, 6.07) is 4.01. The van der Waals surface area contributed by atoms with E-state index in [2.05, 4.69) is 0 Å². The van der Waals surface area contributed by atoms with E-state index >= 15 is 0 Å². The lowest BCUT2D eigenvalue weighted by Crippen LogP contribution is -2.08. The van der Waals surface area contributed by atoms with Crippen molar-refractivity contribution in [3.8, 4) is 5.75 Å². The first kappa shape index (κ1) is 16.9. The number of nitro benzene ring substituents is 1. The summed E-state index contributed by atoms with van der Waals surface area (Å²) in [4.78, 5) is 22.2. The van der Waals surface area contributed by atoms with E-state index in [9.17, 15) is 14.9 Å². The number of hydrogen-bond donors (Lipinski definition) is 0. The van der Waals surface area contributed by atoms with E-state index in [-0.39, 0.29) is 11.3 Å². The monoisotopic (exact) mass is 295 g/mol. The number of nitrogens with zero attached hydrogens (tertiary/aromatic N) is 1. The molecule has 0 spiro atoms. The molecule has 21 heavy (non-hydrogen) atoms. The van der Waals surface area contributed by atoms with Gasteiger partial charge >= 0.3 is 5.97 Å². The molecule has 6 heteroatoms. The molecule has 6 nitrogen and oxygen atoms in total. The van der Waals surface area contributed by atoms with Crippen molar-refractivity contribution in [2.75, 3.05) is 13.2 Å². The van der Waals surface area contributed by atoms with Gasteiger partial charge in [-0.3, -0.25) is 10.1 Å². The van der Waals surface area contributed by atoms with Crippen molar-refractivity contribution >= 4 is 11.7 Å². The number of non-ortho nitro benzene ring substituents is 1. The predicted octanol–water partition coefficient (Wildman–Crippen LogP) is 3.73. The molecule has 0 radical (unpaired) electrons. The summed E-state index contributed by atoms with van der Waals surface area (Å²) in [5.41, 5.74) is -0.0294. The second-order valence-electron chi connectivity index (χ2n) is 4.66. The number of carbonyl (C=O) groups excluding carboxylic acids is 1. The Bertz CT molecular complexity index is 487. The van der Waals surface area contributed by atoms with Crippen LogP contribution >= 0.6 is 0 Å². The molecule has 0 unspecified atom stereocenters. The zero-order chi connectivity index (χ0) is 15.7.